The maximum absolute atomic E-state index is 12.0. The molecule has 16 heavy (non-hydrogen) atoms. The smallest absolute Gasteiger partial charge is 0.191 e. The molecular formula is C14H10O2. The van der Waals surface area contributed by atoms with Crippen molar-refractivity contribution in [3.63, 3.8) is 0 Å². The van der Waals surface area contributed by atoms with Gasteiger partial charge in [0.25, 0.3) is 0 Å². The highest BCUT2D eigenvalue weighted by atomic mass is 16.3. The fourth-order valence-corrected chi connectivity index (χ4v) is 2.22. The van der Waals surface area contributed by atoms with E-state index in [0.717, 1.165) is 16.3 Å². The van der Waals surface area contributed by atoms with Crippen LogP contribution < -0.4 is 0 Å². The fourth-order valence-electron chi connectivity index (χ4n) is 2.22. The molecule has 0 saturated carbocycles. The lowest BCUT2D eigenvalue weighted by molar-refractivity contribution is 0.102. The van der Waals surface area contributed by atoms with Crippen molar-refractivity contribution in [1.29, 1.82) is 0 Å². The van der Waals surface area contributed by atoms with E-state index >= 15 is 0 Å². The van der Waals surface area contributed by atoms with Crippen LogP contribution in [0.4, 0.5) is 0 Å². The molecule has 0 unspecified atom stereocenters. The molecule has 0 aromatic heterocycles. The number of aliphatic hydroxyl groups excluding tert-OH is 1. The van der Waals surface area contributed by atoms with Crippen LogP contribution in [0.1, 0.15) is 15.9 Å². The van der Waals surface area contributed by atoms with Gasteiger partial charge in [-0.05, 0) is 17.0 Å². The predicted molar refractivity (Wildman–Crippen MR) is 63.3 cm³/mol. The average Bonchev–Trinajstić information content (AvgIpc) is 2.33. The Labute approximate surface area is 92.8 Å². The van der Waals surface area contributed by atoms with Gasteiger partial charge in [0.15, 0.2) is 5.78 Å². The minimum absolute atomic E-state index is 0.0631. The molecule has 1 N–H and O–H groups in total. The zero-order valence-electron chi connectivity index (χ0n) is 8.60. The van der Waals surface area contributed by atoms with E-state index in [-0.39, 0.29) is 12.4 Å². The molecule has 0 aliphatic heterocycles. The summed E-state index contributed by atoms with van der Waals surface area (Å²) in [5.74, 6) is -0.0631. The zero-order valence-corrected chi connectivity index (χ0v) is 8.60. The number of ketones is 1. The maximum Gasteiger partial charge on any atom is 0.191 e. The minimum Gasteiger partial charge on any atom is -0.392 e. The molecule has 0 amide bonds. The largest absolute Gasteiger partial charge is 0.392 e. The lowest BCUT2D eigenvalue weighted by atomic mass is 9.88. The van der Waals surface area contributed by atoms with E-state index < -0.39 is 0 Å². The van der Waals surface area contributed by atoms with Gasteiger partial charge in [0.2, 0.25) is 0 Å². The van der Waals surface area contributed by atoms with Crippen LogP contribution in [0.15, 0.2) is 42.0 Å². The molecule has 2 heteroatoms. The maximum atomic E-state index is 12.0. The lowest BCUT2D eigenvalue weighted by Crippen LogP contribution is -2.11. The fraction of sp³-hybridized carbons (Fsp3) is 0.0714. The molecule has 0 atom stereocenters. The van der Waals surface area contributed by atoms with Gasteiger partial charge in [-0.3, -0.25) is 4.79 Å². The van der Waals surface area contributed by atoms with Crippen LogP contribution >= 0.6 is 0 Å². The van der Waals surface area contributed by atoms with Crippen molar-refractivity contribution < 1.29 is 9.90 Å². The molecule has 0 radical (unpaired) electrons. The number of rotatable bonds is 1. The van der Waals surface area contributed by atoms with E-state index in [1.807, 2.05) is 36.4 Å². The van der Waals surface area contributed by atoms with Crippen molar-refractivity contribution in [1.82, 2.24) is 0 Å². The van der Waals surface area contributed by atoms with Crippen LogP contribution in [0.3, 0.4) is 0 Å². The van der Waals surface area contributed by atoms with E-state index in [9.17, 15) is 4.79 Å². The highest BCUT2D eigenvalue weighted by Crippen LogP contribution is 2.30. The Balaban J connectivity index is 2.45. The highest BCUT2D eigenvalue weighted by Gasteiger charge is 2.20. The molecule has 2 aromatic rings. The van der Waals surface area contributed by atoms with Gasteiger partial charge in [-0.25, -0.2) is 0 Å². The van der Waals surface area contributed by atoms with E-state index in [0.29, 0.717) is 11.1 Å². The number of benzene rings is 2. The third-order valence-corrected chi connectivity index (χ3v) is 2.97. The summed E-state index contributed by atoms with van der Waals surface area (Å²) in [7, 11) is 0. The second-order valence-electron chi connectivity index (χ2n) is 3.91. The second-order valence-corrected chi connectivity index (χ2v) is 3.91. The van der Waals surface area contributed by atoms with Crippen LogP contribution in [0.5, 0.6) is 0 Å². The first kappa shape index (κ1) is 9.31. The molecule has 3 rings (SSSR count). The number of carbonyl (C=O) groups excluding carboxylic acids is 1. The van der Waals surface area contributed by atoms with Gasteiger partial charge in [0, 0.05) is 16.5 Å². The monoisotopic (exact) mass is 210 g/mol. The first-order chi connectivity index (χ1) is 7.81. The van der Waals surface area contributed by atoms with Gasteiger partial charge in [0.1, 0.15) is 0 Å². The SMILES string of the molecule is O=C1C(CO)=Cc2cccc3cccc1c23. The highest BCUT2D eigenvalue weighted by molar-refractivity contribution is 6.22. The Bertz CT molecular complexity index is 618. The molecular weight excluding hydrogens is 200 g/mol. The van der Waals surface area contributed by atoms with Crippen LogP contribution in [0, 0.1) is 0 Å². The Hall–Kier alpha value is -1.93. The summed E-state index contributed by atoms with van der Waals surface area (Å²) in [6, 6.07) is 11.6. The molecule has 78 valence electrons. The Morgan fingerprint density at radius 2 is 1.81 bits per heavy atom. The molecule has 2 nitrogen and oxygen atoms in total. The van der Waals surface area contributed by atoms with Gasteiger partial charge in [-0.2, -0.15) is 0 Å². The number of Topliss-reactive ketones (excluding diaryl/α,β-unsaturated/α-hetero) is 1. The first-order valence-electron chi connectivity index (χ1n) is 5.19. The number of aliphatic hydroxyl groups is 1. The number of carbonyl (C=O) groups is 1. The van der Waals surface area contributed by atoms with Gasteiger partial charge in [0.05, 0.1) is 6.61 Å². The van der Waals surface area contributed by atoms with E-state index in [4.69, 9.17) is 5.11 Å². The van der Waals surface area contributed by atoms with Gasteiger partial charge in [-0.1, -0.05) is 36.4 Å². The molecule has 0 saturated heterocycles. The Morgan fingerprint density at radius 3 is 2.56 bits per heavy atom. The van der Waals surface area contributed by atoms with Crippen molar-refractivity contribution in [2.75, 3.05) is 6.61 Å². The Kier molecular flexibility index (Phi) is 1.91. The zero-order chi connectivity index (χ0) is 11.1. The van der Waals surface area contributed by atoms with Crippen LogP contribution in [0.2, 0.25) is 0 Å². The summed E-state index contributed by atoms with van der Waals surface area (Å²) in [4.78, 5) is 12.0. The van der Waals surface area contributed by atoms with Crippen molar-refractivity contribution in [3.8, 4) is 0 Å². The molecule has 0 spiro atoms. The molecule has 2 aromatic carbocycles. The predicted octanol–water partition coefficient (Wildman–Crippen LogP) is 2.41. The van der Waals surface area contributed by atoms with Crippen molar-refractivity contribution in [3.05, 3.63) is 53.1 Å². The van der Waals surface area contributed by atoms with Crippen molar-refractivity contribution in [2.24, 2.45) is 0 Å². The summed E-state index contributed by atoms with van der Waals surface area (Å²) in [5.41, 5.74) is 2.17. The van der Waals surface area contributed by atoms with Crippen LogP contribution in [0.25, 0.3) is 16.8 Å². The first-order valence-corrected chi connectivity index (χ1v) is 5.19. The summed E-state index contributed by atoms with van der Waals surface area (Å²) >= 11 is 0. The molecule has 0 bridgehead atoms. The third-order valence-electron chi connectivity index (χ3n) is 2.97. The van der Waals surface area contributed by atoms with Gasteiger partial charge >= 0.3 is 0 Å². The summed E-state index contributed by atoms with van der Waals surface area (Å²) in [5, 5.41) is 11.2. The molecule has 0 heterocycles. The second kappa shape index (κ2) is 3.29. The average molecular weight is 210 g/mol. The van der Waals surface area contributed by atoms with Crippen molar-refractivity contribution in [2.45, 2.75) is 0 Å². The van der Waals surface area contributed by atoms with Crippen LogP contribution in [-0.2, 0) is 0 Å². The topological polar surface area (TPSA) is 37.3 Å². The lowest BCUT2D eigenvalue weighted by Gasteiger charge is -2.15. The van der Waals surface area contributed by atoms with E-state index in [2.05, 4.69) is 0 Å². The summed E-state index contributed by atoms with van der Waals surface area (Å²) < 4.78 is 0. The number of hydrogen-bond acceptors (Lipinski definition) is 2. The molecule has 1 aliphatic rings. The number of hydrogen-bond donors (Lipinski definition) is 1. The van der Waals surface area contributed by atoms with Crippen LogP contribution in [-0.4, -0.2) is 17.5 Å². The minimum atomic E-state index is -0.205. The normalized spacial score (nSPS) is 14.1. The standard InChI is InChI=1S/C14H10O2/c15-8-11-7-10-5-1-3-9-4-2-6-12(13(9)10)14(11)16/h1-7,15H,8H2. The molecule has 0 fully saturated rings. The van der Waals surface area contributed by atoms with Gasteiger partial charge in [-0.15, -0.1) is 0 Å². The van der Waals surface area contributed by atoms with Gasteiger partial charge < -0.3 is 5.11 Å². The van der Waals surface area contributed by atoms with E-state index in [1.165, 1.54) is 0 Å². The summed E-state index contributed by atoms with van der Waals surface area (Å²) in [6.07, 6.45) is 1.78. The van der Waals surface area contributed by atoms with E-state index in [1.54, 1.807) is 6.08 Å². The summed E-state index contributed by atoms with van der Waals surface area (Å²) in [6.45, 7) is -0.205. The van der Waals surface area contributed by atoms with Crippen molar-refractivity contribution >= 4 is 22.6 Å². The third kappa shape index (κ3) is 1.14. The quantitative estimate of drug-likeness (QED) is 0.784. The Morgan fingerprint density at radius 1 is 1.06 bits per heavy atom. The molecule has 1 aliphatic carbocycles.